The van der Waals surface area contributed by atoms with Gasteiger partial charge >= 0.3 is 0 Å². The van der Waals surface area contributed by atoms with Crippen molar-refractivity contribution >= 4 is 27.3 Å². The fourth-order valence-corrected chi connectivity index (χ4v) is 4.45. The quantitative estimate of drug-likeness (QED) is 0.680. The number of amides is 1. The molecule has 0 atom stereocenters. The van der Waals surface area contributed by atoms with E-state index in [2.05, 4.69) is 5.32 Å². The first-order valence-electron chi connectivity index (χ1n) is 8.82. The van der Waals surface area contributed by atoms with Crippen LogP contribution in [0.15, 0.2) is 36.4 Å². The number of benzene rings is 2. The summed E-state index contributed by atoms with van der Waals surface area (Å²) < 4.78 is 31.1. The van der Waals surface area contributed by atoms with Crippen LogP contribution in [0.1, 0.15) is 34.6 Å². The smallest absolute Gasteiger partial charge is 0.262 e. The van der Waals surface area contributed by atoms with Crippen LogP contribution in [0.3, 0.4) is 0 Å². The predicted octanol–water partition coefficient (Wildman–Crippen LogP) is 4.58. The van der Waals surface area contributed by atoms with Gasteiger partial charge in [-0.05, 0) is 43.7 Å². The monoisotopic (exact) mass is 401 g/mol. The Morgan fingerprint density at radius 1 is 1.25 bits per heavy atom. The molecule has 4 rings (SSSR count). The fourth-order valence-electron chi connectivity index (χ4n) is 3.33. The highest BCUT2D eigenvalue weighted by Gasteiger charge is 2.29. The third kappa shape index (κ3) is 3.21. The minimum absolute atomic E-state index is 0.161. The summed E-state index contributed by atoms with van der Waals surface area (Å²) in [7, 11) is 1.53. The zero-order chi connectivity index (χ0) is 19.9. The molecule has 28 heavy (non-hydrogen) atoms. The van der Waals surface area contributed by atoms with Crippen LogP contribution in [-0.4, -0.2) is 19.8 Å². The molecule has 3 aromatic rings. The Balaban J connectivity index is 1.68. The van der Waals surface area contributed by atoms with E-state index in [0.29, 0.717) is 27.3 Å². The van der Waals surface area contributed by atoms with E-state index in [4.69, 9.17) is 14.2 Å². The molecule has 146 valence electrons. The SMILES string of the molecule is COCc1c(C(=O)NC(C)(C)c2ccc3c(c2)OCO3)sc2cccc(F)c12. The van der Waals surface area contributed by atoms with Crippen LogP contribution in [0, 0.1) is 5.82 Å². The molecule has 1 aromatic heterocycles. The highest BCUT2D eigenvalue weighted by Crippen LogP contribution is 2.37. The van der Waals surface area contributed by atoms with Gasteiger partial charge in [-0.2, -0.15) is 0 Å². The molecule has 0 fully saturated rings. The zero-order valence-corrected chi connectivity index (χ0v) is 16.6. The standard InChI is InChI=1S/C21H20FNO4S/c1-21(2,12-7-8-15-16(9-12)27-11-26-15)23-20(24)19-13(10-25-3)18-14(22)5-4-6-17(18)28-19/h4-9H,10-11H2,1-3H3,(H,23,24). The highest BCUT2D eigenvalue weighted by molar-refractivity contribution is 7.21. The normalized spacial score (nSPS) is 13.1. The van der Waals surface area contributed by atoms with E-state index in [9.17, 15) is 9.18 Å². The molecule has 5 nitrogen and oxygen atoms in total. The highest BCUT2D eigenvalue weighted by atomic mass is 32.1. The van der Waals surface area contributed by atoms with Gasteiger partial charge in [-0.25, -0.2) is 4.39 Å². The summed E-state index contributed by atoms with van der Waals surface area (Å²) in [5, 5.41) is 3.50. The maximum absolute atomic E-state index is 14.4. The molecular weight excluding hydrogens is 381 g/mol. The Morgan fingerprint density at radius 3 is 2.82 bits per heavy atom. The van der Waals surface area contributed by atoms with Crippen molar-refractivity contribution in [1.82, 2.24) is 5.32 Å². The van der Waals surface area contributed by atoms with E-state index in [1.54, 1.807) is 6.07 Å². The zero-order valence-electron chi connectivity index (χ0n) is 15.8. The maximum atomic E-state index is 14.4. The second kappa shape index (κ2) is 7.07. The molecule has 0 saturated heterocycles. The van der Waals surface area contributed by atoms with Crippen molar-refractivity contribution in [2.45, 2.75) is 26.0 Å². The lowest BCUT2D eigenvalue weighted by Crippen LogP contribution is -2.41. The first kappa shape index (κ1) is 18.7. The molecule has 2 heterocycles. The van der Waals surface area contributed by atoms with Gasteiger partial charge in [-0.3, -0.25) is 4.79 Å². The first-order chi connectivity index (χ1) is 13.4. The molecule has 0 spiro atoms. The van der Waals surface area contributed by atoms with Gasteiger partial charge < -0.3 is 19.5 Å². The van der Waals surface area contributed by atoms with Gasteiger partial charge in [0.15, 0.2) is 11.5 Å². The lowest BCUT2D eigenvalue weighted by Gasteiger charge is -2.27. The van der Waals surface area contributed by atoms with Gasteiger partial charge in [0.1, 0.15) is 5.82 Å². The van der Waals surface area contributed by atoms with Crippen molar-refractivity contribution in [3.8, 4) is 11.5 Å². The van der Waals surface area contributed by atoms with Crippen molar-refractivity contribution in [2.75, 3.05) is 13.9 Å². The minimum atomic E-state index is -0.670. The average Bonchev–Trinajstić information content (AvgIpc) is 3.26. The van der Waals surface area contributed by atoms with Crippen LogP contribution in [0.4, 0.5) is 4.39 Å². The number of nitrogens with one attached hydrogen (secondary N) is 1. The van der Waals surface area contributed by atoms with Crippen LogP contribution >= 0.6 is 11.3 Å². The number of hydrogen-bond donors (Lipinski definition) is 1. The number of methoxy groups -OCH3 is 1. The van der Waals surface area contributed by atoms with Gasteiger partial charge in [0.05, 0.1) is 17.0 Å². The number of thiophene rings is 1. The van der Waals surface area contributed by atoms with E-state index < -0.39 is 5.54 Å². The molecule has 2 aromatic carbocycles. The third-order valence-electron chi connectivity index (χ3n) is 4.78. The van der Waals surface area contributed by atoms with Crippen molar-refractivity contribution < 1.29 is 23.4 Å². The fraction of sp³-hybridized carbons (Fsp3) is 0.286. The molecule has 0 saturated carbocycles. The summed E-state index contributed by atoms with van der Waals surface area (Å²) in [5.74, 6) is 0.724. The van der Waals surface area contributed by atoms with E-state index in [1.165, 1.54) is 24.5 Å². The van der Waals surface area contributed by atoms with Crippen molar-refractivity contribution in [3.05, 3.63) is 58.2 Å². The van der Waals surface area contributed by atoms with E-state index >= 15 is 0 Å². The summed E-state index contributed by atoms with van der Waals surface area (Å²) in [6.45, 7) is 4.17. The minimum Gasteiger partial charge on any atom is -0.454 e. The van der Waals surface area contributed by atoms with Gasteiger partial charge in [0.25, 0.3) is 5.91 Å². The average molecular weight is 401 g/mol. The second-order valence-corrected chi connectivity index (χ2v) is 8.16. The molecule has 7 heteroatoms. The molecule has 0 radical (unpaired) electrons. The van der Waals surface area contributed by atoms with Gasteiger partial charge in [0, 0.05) is 22.8 Å². The van der Waals surface area contributed by atoms with Gasteiger partial charge in [-0.1, -0.05) is 12.1 Å². The molecule has 0 unspecified atom stereocenters. The Hall–Kier alpha value is -2.64. The van der Waals surface area contributed by atoms with Crippen molar-refractivity contribution in [3.63, 3.8) is 0 Å². The lowest BCUT2D eigenvalue weighted by molar-refractivity contribution is 0.0912. The third-order valence-corrected chi connectivity index (χ3v) is 5.97. The number of hydrogen-bond acceptors (Lipinski definition) is 5. The molecule has 1 aliphatic rings. The molecule has 0 aliphatic carbocycles. The van der Waals surface area contributed by atoms with E-state index in [-0.39, 0.29) is 25.1 Å². The lowest BCUT2D eigenvalue weighted by atomic mass is 9.93. The summed E-state index contributed by atoms with van der Waals surface area (Å²) in [5.41, 5.74) is 0.780. The van der Waals surface area contributed by atoms with Crippen LogP contribution in [0.5, 0.6) is 11.5 Å². The Bertz CT molecular complexity index is 1060. The maximum Gasteiger partial charge on any atom is 0.262 e. The Kier molecular flexibility index (Phi) is 4.72. The van der Waals surface area contributed by atoms with Gasteiger partial charge in [0.2, 0.25) is 6.79 Å². The number of halogens is 1. The molecule has 1 N–H and O–H groups in total. The largest absolute Gasteiger partial charge is 0.454 e. The molecule has 1 aliphatic heterocycles. The summed E-state index contributed by atoms with van der Waals surface area (Å²) in [6, 6.07) is 10.4. The van der Waals surface area contributed by atoms with Crippen molar-refractivity contribution in [1.29, 1.82) is 0 Å². The van der Waals surface area contributed by atoms with E-state index in [0.717, 1.165) is 10.3 Å². The van der Waals surface area contributed by atoms with Crippen molar-refractivity contribution in [2.24, 2.45) is 0 Å². The predicted molar refractivity (Wildman–Crippen MR) is 106 cm³/mol. The summed E-state index contributed by atoms with van der Waals surface area (Å²) in [4.78, 5) is 13.6. The van der Waals surface area contributed by atoms with Crippen LogP contribution in [0.2, 0.25) is 0 Å². The number of carbonyl (C=O) groups is 1. The van der Waals surface area contributed by atoms with Gasteiger partial charge in [-0.15, -0.1) is 11.3 Å². The second-order valence-electron chi connectivity index (χ2n) is 7.10. The number of fused-ring (bicyclic) bond motifs is 2. The van der Waals surface area contributed by atoms with Crippen LogP contribution < -0.4 is 14.8 Å². The molecule has 1 amide bonds. The Labute approximate surface area is 166 Å². The number of carbonyl (C=O) groups excluding carboxylic acids is 1. The summed E-state index contributed by atoms with van der Waals surface area (Å²) in [6.07, 6.45) is 0. The topological polar surface area (TPSA) is 56.8 Å². The number of rotatable bonds is 5. The number of ether oxygens (including phenoxy) is 3. The molecular formula is C21H20FNO4S. The Morgan fingerprint density at radius 2 is 2.04 bits per heavy atom. The van der Waals surface area contributed by atoms with Crippen LogP contribution in [-0.2, 0) is 16.9 Å². The first-order valence-corrected chi connectivity index (χ1v) is 9.64. The molecule has 0 bridgehead atoms. The van der Waals surface area contributed by atoms with Crippen LogP contribution in [0.25, 0.3) is 10.1 Å². The summed E-state index contributed by atoms with van der Waals surface area (Å²) >= 11 is 1.27. The van der Waals surface area contributed by atoms with E-state index in [1.807, 2.05) is 38.1 Å².